The van der Waals surface area contributed by atoms with Crippen LogP contribution in [-0.4, -0.2) is 50.3 Å². The van der Waals surface area contributed by atoms with Crippen molar-refractivity contribution in [1.29, 1.82) is 0 Å². The smallest absolute Gasteiger partial charge is 0.293 e. The Labute approximate surface area is 100 Å². The molecule has 94 valence electrons. The highest BCUT2D eigenvalue weighted by Gasteiger charge is 2.30. The van der Waals surface area contributed by atoms with E-state index in [-0.39, 0.29) is 30.3 Å². The summed E-state index contributed by atoms with van der Waals surface area (Å²) in [6.45, 7) is 4.66. The van der Waals surface area contributed by atoms with E-state index in [1.54, 1.807) is 4.90 Å². The molecule has 1 aromatic heterocycles. The summed E-state index contributed by atoms with van der Waals surface area (Å²) in [5, 5.41) is 15.9. The molecule has 0 unspecified atom stereocenters. The summed E-state index contributed by atoms with van der Waals surface area (Å²) in [6, 6.07) is -0.0801. The van der Waals surface area contributed by atoms with Gasteiger partial charge in [0.1, 0.15) is 5.82 Å². The minimum Gasteiger partial charge on any atom is -0.394 e. The number of carbonyl (C=O) groups excluding carboxylic acids is 1. The second-order valence-corrected chi connectivity index (χ2v) is 4.68. The number of H-pyrrole nitrogens is 1. The number of amides is 1. The first-order valence-corrected chi connectivity index (χ1v) is 5.97. The van der Waals surface area contributed by atoms with Crippen LogP contribution in [0, 0.1) is 0 Å². The van der Waals surface area contributed by atoms with Gasteiger partial charge in [-0.1, -0.05) is 13.8 Å². The van der Waals surface area contributed by atoms with Gasteiger partial charge in [0.25, 0.3) is 5.91 Å². The van der Waals surface area contributed by atoms with Gasteiger partial charge in [-0.2, -0.15) is 0 Å². The van der Waals surface area contributed by atoms with Crippen molar-refractivity contribution in [3.63, 3.8) is 0 Å². The quantitative estimate of drug-likeness (QED) is 0.804. The van der Waals surface area contributed by atoms with Gasteiger partial charge in [-0.15, -0.1) is 5.10 Å². The second kappa shape index (κ2) is 4.83. The maximum Gasteiger partial charge on any atom is 0.293 e. The molecule has 0 saturated carbocycles. The van der Waals surface area contributed by atoms with E-state index in [1.165, 1.54) is 0 Å². The molecule has 1 fully saturated rings. The van der Waals surface area contributed by atoms with Crippen molar-refractivity contribution in [1.82, 2.24) is 20.1 Å². The number of aromatic nitrogens is 3. The molecule has 1 aliphatic rings. The summed E-state index contributed by atoms with van der Waals surface area (Å²) in [7, 11) is 0. The van der Waals surface area contributed by atoms with Crippen LogP contribution >= 0.6 is 0 Å². The highest BCUT2D eigenvalue weighted by atomic mass is 16.3. The summed E-state index contributed by atoms with van der Waals surface area (Å²) in [5.41, 5.74) is 0. The van der Waals surface area contributed by atoms with E-state index >= 15 is 0 Å². The molecule has 0 aromatic carbocycles. The fraction of sp³-hybridized carbons (Fsp3) is 0.727. The standard InChI is InChI=1S/C11H18N4O2/c1-7(2)9-12-10(14-13-9)11(17)15-5-3-4-8(15)6-16/h7-8,16H,3-6H2,1-2H3,(H,12,13,14)/t8-/m0/s1. The van der Waals surface area contributed by atoms with Gasteiger partial charge in [-0.05, 0) is 12.8 Å². The lowest BCUT2D eigenvalue weighted by atomic mass is 10.2. The fourth-order valence-electron chi connectivity index (χ4n) is 2.05. The fourth-order valence-corrected chi connectivity index (χ4v) is 2.05. The van der Waals surface area contributed by atoms with Crippen LogP contribution < -0.4 is 0 Å². The normalized spacial score (nSPS) is 20.2. The molecule has 2 N–H and O–H groups in total. The Morgan fingerprint density at radius 1 is 1.65 bits per heavy atom. The van der Waals surface area contributed by atoms with E-state index < -0.39 is 0 Å². The first kappa shape index (κ1) is 12.0. The number of carbonyl (C=O) groups is 1. The second-order valence-electron chi connectivity index (χ2n) is 4.68. The predicted octanol–water partition coefficient (Wildman–Crippen LogP) is 0.525. The topological polar surface area (TPSA) is 82.1 Å². The molecule has 2 heterocycles. The van der Waals surface area contributed by atoms with Crippen LogP contribution in [0.1, 0.15) is 49.1 Å². The van der Waals surface area contributed by atoms with Crippen LogP contribution in [0.25, 0.3) is 0 Å². The third kappa shape index (κ3) is 2.31. The van der Waals surface area contributed by atoms with Crippen LogP contribution in [0.15, 0.2) is 0 Å². The minimum absolute atomic E-state index is 0.00714. The van der Waals surface area contributed by atoms with E-state index in [9.17, 15) is 9.90 Å². The van der Waals surface area contributed by atoms with Gasteiger partial charge in [-0.25, -0.2) is 4.98 Å². The lowest BCUT2D eigenvalue weighted by Crippen LogP contribution is -2.38. The molecule has 1 atom stereocenters. The van der Waals surface area contributed by atoms with Crippen molar-refractivity contribution in [2.45, 2.75) is 38.6 Å². The Balaban J connectivity index is 2.13. The summed E-state index contributed by atoms with van der Waals surface area (Å²) in [4.78, 5) is 18.0. The molecule has 0 spiro atoms. The maximum atomic E-state index is 12.1. The molecule has 6 nitrogen and oxygen atoms in total. The number of aromatic amines is 1. The average molecular weight is 238 g/mol. The highest BCUT2D eigenvalue weighted by molar-refractivity contribution is 5.90. The Bertz CT molecular complexity index is 402. The highest BCUT2D eigenvalue weighted by Crippen LogP contribution is 2.19. The SMILES string of the molecule is CC(C)c1nc(C(=O)N2CCC[C@H]2CO)n[nH]1. The van der Waals surface area contributed by atoms with Crippen molar-refractivity contribution >= 4 is 5.91 Å². The summed E-state index contributed by atoms with van der Waals surface area (Å²) in [5.74, 6) is 0.947. The molecule has 0 bridgehead atoms. The Hall–Kier alpha value is -1.43. The Kier molecular flexibility index (Phi) is 3.42. The lowest BCUT2D eigenvalue weighted by molar-refractivity contribution is 0.0666. The third-order valence-corrected chi connectivity index (χ3v) is 3.09. The van der Waals surface area contributed by atoms with Gasteiger partial charge >= 0.3 is 0 Å². The molecule has 2 rings (SSSR count). The van der Waals surface area contributed by atoms with Gasteiger partial charge < -0.3 is 10.0 Å². The summed E-state index contributed by atoms with van der Waals surface area (Å²) in [6.07, 6.45) is 1.78. The van der Waals surface area contributed by atoms with Gasteiger partial charge in [0.2, 0.25) is 5.82 Å². The van der Waals surface area contributed by atoms with E-state index in [4.69, 9.17) is 0 Å². The van der Waals surface area contributed by atoms with Gasteiger partial charge in [0.05, 0.1) is 12.6 Å². The molecule has 1 amide bonds. The lowest BCUT2D eigenvalue weighted by Gasteiger charge is -2.21. The Morgan fingerprint density at radius 3 is 3.00 bits per heavy atom. The molecule has 1 saturated heterocycles. The number of rotatable bonds is 3. The van der Waals surface area contributed by atoms with Crippen molar-refractivity contribution in [3.05, 3.63) is 11.6 Å². The molecule has 0 radical (unpaired) electrons. The minimum atomic E-state index is -0.190. The predicted molar refractivity (Wildman–Crippen MR) is 61.6 cm³/mol. The molecular weight excluding hydrogens is 220 g/mol. The number of nitrogens with zero attached hydrogens (tertiary/aromatic N) is 3. The first-order valence-electron chi connectivity index (χ1n) is 5.97. The number of hydrogen-bond acceptors (Lipinski definition) is 4. The van der Waals surface area contributed by atoms with Crippen molar-refractivity contribution in [2.24, 2.45) is 0 Å². The number of nitrogens with one attached hydrogen (secondary N) is 1. The zero-order chi connectivity index (χ0) is 12.4. The molecule has 6 heteroatoms. The van der Waals surface area contributed by atoms with Gasteiger partial charge in [-0.3, -0.25) is 9.89 Å². The van der Waals surface area contributed by atoms with Crippen LogP contribution in [0.4, 0.5) is 0 Å². The molecule has 1 aromatic rings. The number of aliphatic hydroxyl groups excluding tert-OH is 1. The van der Waals surface area contributed by atoms with E-state index in [0.29, 0.717) is 12.4 Å². The van der Waals surface area contributed by atoms with Crippen molar-refractivity contribution in [2.75, 3.05) is 13.2 Å². The molecule has 0 aliphatic carbocycles. The average Bonchev–Trinajstić information content (AvgIpc) is 2.96. The van der Waals surface area contributed by atoms with Gasteiger partial charge in [0.15, 0.2) is 0 Å². The van der Waals surface area contributed by atoms with E-state index in [2.05, 4.69) is 15.2 Å². The van der Waals surface area contributed by atoms with Gasteiger partial charge in [0, 0.05) is 12.5 Å². The van der Waals surface area contributed by atoms with Crippen LogP contribution in [0.5, 0.6) is 0 Å². The third-order valence-electron chi connectivity index (χ3n) is 3.09. The maximum absolute atomic E-state index is 12.1. The summed E-state index contributed by atoms with van der Waals surface area (Å²) < 4.78 is 0. The van der Waals surface area contributed by atoms with Crippen molar-refractivity contribution in [3.8, 4) is 0 Å². The van der Waals surface area contributed by atoms with Crippen LogP contribution in [0.3, 0.4) is 0 Å². The molecule has 1 aliphatic heterocycles. The zero-order valence-electron chi connectivity index (χ0n) is 10.2. The number of hydrogen-bond donors (Lipinski definition) is 2. The largest absolute Gasteiger partial charge is 0.394 e. The van der Waals surface area contributed by atoms with Crippen LogP contribution in [0.2, 0.25) is 0 Å². The Morgan fingerprint density at radius 2 is 2.41 bits per heavy atom. The van der Waals surface area contributed by atoms with E-state index in [0.717, 1.165) is 12.8 Å². The van der Waals surface area contributed by atoms with E-state index in [1.807, 2.05) is 13.8 Å². The number of likely N-dealkylation sites (tertiary alicyclic amines) is 1. The van der Waals surface area contributed by atoms with Crippen LogP contribution in [-0.2, 0) is 0 Å². The number of aliphatic hydroxyl groups is 1. The molecular formula is C11H18N4O2. The monoisotopic (exact) mass is 238 g/mol. The molecule has 17 heavy (non-hydrogen) atoms. The van der Waals surface area contributed by atoms with Crippen molar-refractivity contribution < 1.29 is 9.90 Å². The zero-order valence-corrected chi connectivity index (χ0v) is 10.2. The first-order chi connectivity index (χ1) is 8.13. The summed E-state index contributed by atoms with van der Waals surface area (Å²) >= 11 is 0.